The number of carbonyl (C=O) groups is 1. The summed E-state index contributed by atoms with van der Waals surface area (Å²) in [6, 6.07) is 11.7. The summed E-state index contributed by atoms with van der Waals surface area (Å²) in [5, 5.41) is 4.11. The highest BCUT2D eigenvalue weighted by molar-refractivity contribution is 5.94. The summed E-state index contributed by atoms with van der Waals surface area (Å²) in [5.74, 6) is 0.862. The second-order valence-corrected chi connectivity index (χ2v) is 8.16. The molecule has 4 heterocycles. The first kappa shape index (κ1) is 20.9. The van der Waals surface area contributed by atoms with Crippen molar-refractivity contribution in [1.82, 2.24) is 19.6 Å². The third kappa shape index (κ3) is 4.24. The normalized spacial score (nSPS) is 13.1. The molecule has 0 radical (unpaired) electrons. The van der Waals surface area contributed by atoms with Gasteiger partial charge in [0.05, 0.1) is 16.8 Å². The van der Waals surface area contributed by atoms with Gasteiger partial charge in [-0.2, -0.15) is 0 Å². The van der Waals surface area contributed by atoms with Crippen LogP contribution in [0.3, 0.4) is 0 Å². The number of amides is 1. The quantitative estimate of drug-likeness (QED) is 0.457. The van der Waals surface area contributed by atoms with E-state index >= 15 is 0 Å². The Morgan fingerprint density at radius 1 is 1.18 bits per heavy atom. The van der Waals surface area contributed by atoms with Crippen molar-refractivity contribution in [1.29, 1.82) is 0 Å². The molecule has 0 N–H and O–H groups in total. The van der Waals surface area contributed by atoms with Crippen molar-refractivity contribution in [2.75, 3.05) is 6.54 Å². The van der Waals surface area contributed by atoms with Gasteiger partial charge in [-0.05, 0) is 42.8 Å². The molecule has 0 spiro atoms. The summed E-state index contributed by atoms with van der Waals surface area (Å²) >= 11 is 0. The van der Waals surface area contributed by atoms with Crippen LogP contribution in [0.2, 0.25) is 0 Å². The molecule has 1 aliphatic heterocycles. The van der Waals surface area contributed by atoms with Crippen LogP contribution in [0.15, 0.2) is 59.4 Å². The number of fused-ring (bicyclic) bond motifs is 1. The van der Waals surface area contributed by atoms with Gasteiger partial charge in [0.25, 0.3) is 5.91 Å². The standard InChI is InChI=1S/C25H23FN4O3/c1-16-21(24(28-33-16)17-3-6-20(26)7-4-17)15-32-23-8-5-18-14-30(12-10-22(18)27-23)25(31)19-9-11-29(2)13-19/h3-9,11,13H,10,12,14-15H2,1-2H3. The largest absolute Gasteiger partial charge is 0.473 e. The van der Waals surface area contributed by atoms with E-state index in [-0.39, 0.29) is 18.3 Å². The summed E-state index contributed by atoms with van der Waals surface area (Å²) in [7, 11) is 1.90. The van der Waals surface area contributed by atoms with Gasteiger partial charge in [-0.15, -0.1) is 0 Å². The summed E-state index contributed by atoms with van der Waals surface area (Å²) in [6.07, 6.45) is 4.37. The third-order valence-corrected chi connectivity index (χ3v) is 5.86. The van der Waals surface area contributed by atoms with Crippen molar-refractivity contribution in [2.24, 2.45) is 7.05 Å². The molecule has 0 unspecified atom stereocenters. The summed E-state index contributed by atoms with van der Waals surface area (Å²) in [6.45, 7) is 3.18. The summed E-state index contributed by atoms with van der Waals surface area (Å²) in [4.78, 5) is 19.3. The summed E-state index contributed by atoms with van der Waals surface area (Å²) < 4.78 is 26.5. The Morgan fingerprint density at radius 3 is 2.76 bits per heavy atom. The second kappa shape index (κ2) is 8.54. The highest BCUT2D eigenvalue weighted by atomic mass is 19.1. The van der Waals surface area contributed by atoms with Gasteiger partial charge in [0, 0.05) is 50.6 Å². The number of hydrogen-bond donors (Lipinski definition) is 0. The number of hydrogen-bond acceptors (Lipinski definition) is 5. The fourth-order valence-electron chi connectivity index (χ4n) is 4.00. The number of nitrogens with zero attached hydrogens (tertiary/aromatic N) is 4. The molecule has 0 saturated carbocycles. The molecule has 0 aliphatic carbocycles. The zero-order chi connectivity index (χ0) is 22.9. The predicted molar refractivity (Wildman–Crippen MR) is 119 cm³/mol. The molecule has 3 aromatic heterocycles. The number of benzene rings is 1. The minimum absolute atomic E-state index is 0.0258. The van der Waals surface area contributed by atoms with E-state index in [4.69, 9.17) is 9.26 Å². The van der Waals surface area contributed by atoms with Crippen molar-refractivity contribution in [2.45, 2.75) is 26.5 Å². The second-order valence-electron chi connectivity index (χ2n) is 8.16. The van der Waals surface area contributed by atoms with Gasteiger partial charge in [-0.1, -0.05) is 11.2 Å². The van der Waals surface area contributed by atoms with E-state index < -0.39 is 0 Å². The Bertz CT molecular complexity index is 1310. The van der Waals surface area contributed by atoms with Crippen molar-refractivity contribution < 1.29 is 18.4 Å². The lowest BCUT2D eigenvalue weighted by Gasteiger charge is -2.28. The molecule has 1 amide bonds. The van der Waals surface area contributed by atoms with Gasteiger partial charge in [-0.3, -0.25) is 4.79 Å². The van der Waals surface area contributed by atoms with E-state index in [2.05, 4.69) is 10.1 Å². The van der Waals surface area contributed by atoms with Crippen LogP contribution in [0.5, 0.6) is 5.88 Å². The average Bonchev–Trinajstić information content (AvgIpc) is 3.42. The lowest BCUT2D eigenvalue weighted by molar-refractivity contribution is 0.0733. The first-order chi connectivity index (χ1) is 16.0. The Morgan fingerprint density at radius 2 is 2.00 bits per heavy atom. The van der Waals surface area contributed by atoms with Crippen molar-refractivity contribution in [3.05, 3.63) is 88.8 Å². The van der Waals surface area contributed by atoms with E-state index in [0.717, 1.165) is 22.4 Å². The lowest BCUT2D eigenvalue weighted by atomic mass is 10.0. The zero-order valence-electron chi connectivity index (χ0n) is 18.4. The molecule has 1 aromatic carbocycles. The van der Waals surface area contributed by atoms with Crippen LogP contribution >= 0.6 is 0 Å². The van der Waals surface area contributed by atoms with E-state index in [0.29, 0.717) is 42.4 Å². The molecule has 168 valence electrons. The molecule has 5 rings (SSSR count). The first-order valence-corrected chi connectivity index (χ1v) is 10.7. The van der Waals surface area contributed by atoms with Crippen LogP contribution in [0.25, 0.3) is 11.3 Å². The maximum atomic E-state index is 13.3. The highest BCUT2D eigenvalue weighted by Crippen LogP contribution is 2.27. The maximum absolute atomic E-state index is 13.3. The monoisotopic (exact) mass is 446 g/mol. The SMILES string of the molecule is Cc1onc(-c2ccc(F)cc2)c1COc1ccc2c(n1)CCN(C(=O)c1ccn(C)c1)C2. The van der Waals surface area contributed by atoms with Crippen molar-refractivity contribution in [3.8, 4) is 17.1 Å². The first-order valence-electron chi connectivity index (χ1n) is 10.7. The minimum atomic E-state index is -0.306. The van der Waals surface area contributed by atoms with Gasteiger partial charge >= 0.3 is 0 Å². The van der Waals surface area contributed by atoms with Crippen LogP contribution in [0, 0.1) is 12.7 Å². The average molecular weight is 446 g/mol. The lowest BCUT2D eigenvalue weighted by Crippen LogP contribution is -2.36. The fraction of sp³-hybridized carbons (Fsp3) is 0.240. The van der Waals surface area contributed by atoms with E-state index in [9.17, 15) is 9.18 Å². The molecule has 0 bridgehead atoms. The van der Waals surface area contributed by atoms with Crippen molar-refractivity contribution >= 4 is 5.91 Å². The number of aromatic nitrogens is 3. The molecule has 1 aliphatic rings. The topological polar surface area (TPSA) is 73.4 Å². The van der Waals surface area contributed by atoms with Crippen LogP contribution in [0.1, 0.15) is 32.9 Å². The Balaban J connectivity index is 1.28. The van der Waals surface area contributed by atoms with Crippen molar-refractivity contribution in [3.63, 3.8) is 0 Å². The Kier molecular flexibility index (Phi) is 5.42. The van der Waals surface area contributed by atoms with Gasteiger partial charge < -0.3 is 18.7 Å². The molecular formula is C25H23FN4O3. The Hall–Kier alpha value is -3.94. The number of rotatable bonds is 5. The minimum Gasteiger partial charge on any atom is -0.473 e. The van der Waals surface area contributed by atoms with Gasteiger partial charge in [0.1, 0.15) is 23.9 Å². The van der Waals surface area contributed by atoms with E-state index in [1.54, 1.807) is 12.1 Å². The maximum Gasteiger partial charge on any atom is 0.255 e. The number of pyridine rings is 1. The van der Waals surface area contributed by atoms with E-state index in [1.165, 1.54) is 12.1 Å². The molecule has 0 atom stereocenters. The summed E-state index contributed by atoms with van der Waals surface area (Å²) in [5.41, 5.74) is 4.82. The molecular weight excluding hydrogens is 423 g/mol. The highest BCUT2D eigenvalue weighted by Gasteiger charge is 2.24. The number of aryl methyl sites for hydroxylation is 2. The molecule has 7 nitrogen and oxygen atoms in total. The third-order valence-electron chi connectivity index (χ3n) is 5.86. The molecule has 4 aromatic rings. The number of halogens is 1. The molecule has 8 heteroatoms. The van der Waals surface area contributed by atoms with Gasteiger partial charge in [0.15, 0.2) is 0 Å². The van der Waals surface area contributed by atoms with Crippen LogP contribution < -0.4 is 4.74 Å². The molecule has 33 heavy (non-hydrogen) atoms. The number of ether oxygens (including phenoxy) is 1. The predicted octanol–water partition coefficient (Wildman–Crippen LogP) is 4.30. The smallest absolute Gasteiger partial charge is 0.255 e. The fourth-order valence-corrected chi connectivity index (χ4v) is 4.00. The van der Waals surface area contributed by atoms with Crippen LogP contribution in [-0.4, -0.2) is 32.1 Å². The molecule has 0 fully saturated rings. The Labute approximate surface area is 190 Å². The van der Waals surface area contributed by atoms with Crippen LogP contribution in [0.4, 0.5) is 4.39 Å². The van der Waals surface area contributed by atoms with Gasteiger partial charge in [0.2, 0.25) is 5.88 Å². The molecule has 0 saturated heterocycles. The number of carbonyl (C=O) groups excluding carboxylic acids is 1. The van der Waals surface area contributed by atoms with Crippen LogP contribution in [-0.2, 0) is 26.6 Å². The van der Waals surface area contributed by atoms with E-state index in [1.807, 2.05) is 54.0 Å². The zero-order valence-corrected chi connectivity index (χ0v) is 18.4. The van der Waals surface area contributed by atoms with Gasteiger partial charge in [-0.25, -0.2) is 9.37 Å².